The molecule has 0 saturated carbocycles. The molecule has 7 nitrogen and oxygen atoms in total. The molecule has 0 aliphatic carbocycles. The highest BCUT2D eigenvalue weighted by Crippen LogP contribution is 2.50. The van der Waals surface area contributed by atoms with Gasteiger partial charge in [-0.3, -0.25) is 9.00 Å². The molecule has 1 saturated heterocycles. The van der Waals surface area contributed by atoms with Gasteiger partial charge in [-0.25, -0.2) is 4.98 Å². The number of hydrogen-bond acceptors (Lipinski definition) is 6. The van der Waals surface area contributed by atoms with Gasteiger partial charge >= 0.3 is 6.18 Å². The van der Waals surface area contributed by atoms with Gasteiger partial charge in [-0.15, -0.1) is 0 Å². The molecular weight excluding hydrogens is 530 g/mol. The fourth-order valence-electron chi connectivity index (χ4n) is 4.11. The van der Waals surface area contributed by atoms with Gasteiger partial charge in [-0.1, -0.05) is 28.4 Å². The van der Waals surface area contributed by atoms with Gasteiger partial charge in [0.25, 0.3) is 11.5 Å². The van der Waals surface area contributed by atoms with E-state index in [0.717, 1.165) is 12.1 Å². The zero-order valence-corrected chi connectivity index (χ0v) is 20.2. The Balaban J connectivity index is 1.52. The molecule has 3 aromatic rings. The molecule has 1 unspecified atom stereocenters. The highest BCUT2D eigenvalue weighted by Gasteiger charge is 2.62. The lowest BCUT2D eigenvalue weighted by Gasteiger charge is -2.29. The Morgan fingerprint density at radius 1 is 1.20 bits per heavy atom. The second kappa shape index (κ2) is 8.49. The van der Waals surface area contributed by atoms with E-state index in [1.165, 1.54) is 18.2 Å². The van der Waals surface area contributed by atoms with Crippen LogP contribution < -0.4 is 5.32 Å². The summed E-state index contributed by atoms with van der Waals surface area (Å²) in [4.78, 5) is 22.1. The predicted molar refractivity (Wildman–Crippen MR) is 124 cm³/mol. The zero-order chi connectivity index (χ0) is 25.1. The molecule has 5 rings (SSSR count). The predicted octanol–water partition coefficient (Wildman–Crippen LogP) is 4.89. The molecule has 0 bridgehead atoms. The summed E-state index contributed by atoms with van der Waals surface area (Å²) < 4.78 is 59.9. The van der Waals surface area contributed by atoms with Crippen LogP contribution in [-0.2, 0) is 21.2 Å². The van der Waals surface area contributed by atoms with E-state index in [2.05, 4.69) is 15.5 Å². The molecule has 2 aliphatic heterocycles. The summed E-state index contributed by atoms with van der Waals surface area (Å²) in [5.74, 6) is 0.490. The average Bonchev–Trinajstić information content (AvgIpc) is 3.35. The van der Waals surface area contributed by atoms with Crippen LogP contribution in [0.1, 0.15) is 33.8 Å². The molecule has 3 heterocycles. The maximum absolute atomic E-state index is 14.3. The lowest BCUT2D eigenvalue weighted by molar-refractivity contribution is -0.275. The monoisotopic (exact) mass is 545 g/mol. The number of aryl methyl sites for hydroxylation is 1. The molecular formula is C22H16Cl2F3N3O4S. The number of halogens is 5. The summed E-state index contributed by atoms with van der Waals surface area (Å²) in [7, 11) is -0.946. The summed E-state index contributed by atoms with van der Waals surface area (Å²) in [6.07, 6.45) is -5.53. The summed E-state index contributed by atoms with van der Waals surface area (Å²) in [5.41, 5.74) is -2.45. The molecule has 2 aliphatic rings. The third-order valence-corrected chi connectivity index (χ3v) is 7.81. The first-order chi connectivity index (χ1) is 16.5. The first-order valence-electron chi connectivity index (χ1n) is 10.3. The molecule has 1 fully saturated rings. The first-order valence-corrected chi connectivity index (χ1v) is 12.6. The Hall–Kier alpha value is -2.63. The van der Waals surface area contributed by atoms with Crippen LogP contribution in [0, 0.1) is 6.92 Å². The number of oxime groups is 1. The number of nitrogens with zero attached hydrogens (tertiary/aromatic N) is 2. The number of aromatic nitrogens is 1. The Labute approximate surface area is 209 Å². The number of amides is 1. The molecule has 35 heavy (non-hydrogen) atoms. The van der Waals surface area contributed by atoms with Crippen molar-refractivity contribution in [3.8, 4) is 0 Å². The summed E-state index contributed by atoms with van der Waals surface area (Å²) in [6, 6.07) is 6.26. The fourth-order valence-corrected chi connectivity index (χ4v) is 5.60. The van der Waals surface area contributed by atoms with Crippen molar-refractivity contribution < 1.29 is 31.4 Å². The third-order valence-electron chi connectivity index (χ3n) is 5.83. The van der Waals surface area contributed by atoms with Crippen LogP contribution in [0.2, 0.25) is 10.0 Å². The second-order valence-corrected chi connectivity index (χ2v) is 10.7. The van der Waals surface area contributed by atoms with Crippen molar-refractivity contribution in [1.82, 2.24) is 10.3 Å². The minimum atomic E-state index is -4.85. The minimum absolute atomic E-state index is 0.0216. The summed E-state index contributed by atoms with van der Waals surface area (Å²) >= 11 is 11.9. The number of carbonyl (C=O) groups excluding carboxylic acids is 1. The number of fused-ring (bicyclic) bond motifs is 1. The van der Waals surface area contributed by atoms with Crippen molar-refractivity contribution in [2.75, 3.05) is 11.5 Å². The lowest BCUT2D eigenvalue weighted by atomic mass is 9.86. The number of carbonyl (C=O) groups is 1. The van der Waals surface area contributed by atoms with Crippen LogP contribution in [0.4, 0.5) is 13.2 Å². The summed E-state index contributed by atoms with van der Waals surface area (Å²) in [5, 5.41) is 6.58. The molecule has 184 valence electrons. The van der Waals surface area contributed by atoms with E-state index in [-0.39, 0.29) is 55.5 Å². The van der Waals surface area contributed by atoms with Crippen molar-refractivity contribution in [2.45, 2.75) is 31.2 Å². The highest BCUT2D eigenvalue weighted by atomic mass is 35.5. The van der Waals surface area contributed by atoms with E-state index in [4.69, 9.17) is 32.5 Å². The Morgan fingerprint density at radius 2 is 1.89 bits per heavy atom. The standard InChI is InChI=1S/C22H16Cl2F3N3O4S/c1-10-28-18-15(2-3-16(19(18)33-10)20(31)29-14-8-35(32)9-14)17-7-21(34-30-17,22(25,26)27)11-4-12(23)6-13(24)5-11/h2-6,14H,7-9H2,1H3,(H,29,31). The number of rotatable bonds is 4. The molecule has 0 spiro atoms. The van der Waals surface area contributed by atoms with Gasteiger partial charge in [0, 0.05) is 50.4 Å². The molecule has 2 aromatic carbocycles. The second-order valence-electron chi connectivity index (χ2n) is 8.30. The first kappa shape index (κ1) is 24.1. The van der Waals surface area contributed by atoms with Crippen molar-refractivity contribution in [1.29, 1.82) is 0 Å². The average molecular weight is 546 g/mol. The van der Waals surface area contributed by atoms with Crippen LogP contribution in [0.3, 0.4) is 0 Å². The van der Waals surface area contributed by atoms with Crippen LogP contribution >= 0.6 is 23.2 Å². The molecule has 1 atom stereocenters. The van der Waals surface area contributed by atoms with Crippen molar-refractivity contribution in [3.05, 3.63) is 63.0 Å². The van der Waals surface area contributed by atoms with Crippen LogP contribution in [-0.4, -0.2) is 44.5 Å². The van der Waals surface area contributed by atoms with Crippen LogP contribution in [0.5, 0.6) is 0 Å². The molecule has 1 N–H and O–H groups in total. The SMILES string of the molecule is Cc1nc2c(C3=NOC(c4cc(Cl)cc(Cl)c4)(C(F)(F)F)C3)ccc(C(=O)NC3CS(=O)C3)c2o1. The number of nitrogens with one attached hydrogen (secondary N) is 1. The molecule has 1 aromatic heterocycles. The number of oxazole rings is 1. The normalized spacial score (nSPS) is 24.1. The van der Waals surface area contributed by atoms with Gasteiger partial charge < -0.3 is 14.6 Å². The Kier molecular flexibility index (Phi) is 5.84. The molecule has 0 radical (unpaired) electrons. The number of hydrogen-bond donors (Lipinski definition) is 1. The molecule has 13 heteroatoms. The highest BCUT2D eigenvalue weighted by molar-refractivity contribution is 7.86. The Bertz CT molecular complexity index is 1400. The topological polar surface area (TPSA) is 93.8 Å². The Morgan fingerprint density at radius 3 is 2.51 bits per heavy atom. The van der Waals surface area contributed by atoms with Gasteiger partial charge in [0.15, 0.2) is 11.5 Å². The maximum atomic E-state index is 14.3. The van der Waals surface area contributed by atoms with E-state index in [1.54, 1.807) is 6.92 Å². The van der Waals surface area contributed by atoms with Gasteiger partial charge in [0.2, 0.25) is 0 Å². The quantitative estimate of drug-likeness (QED) is 0.504. The van der Waals surface area contributed by atoms with Gasteiger partial charge in [0.1, 0.15) is 5.52 Å². The maximum Gasteiger partial charge on any atom is 0.435 e. The van der Waals surface area contributed by atoms with E-state index in [0.29, 0.717) is 11.5 Å². The lowest BCUT2D eigenvalue weighted by Crippen LogP contribution is -2.50. The third kappa shape index (κ3) is 4.19. The van der Waals surface area contributed by atoms with Crippen LogP contribution in [0.15, 0.2) is 39.9 Å². The van der Waals surface area contributed by atoms with Crippen molar-refractivity contribution in [3.63, 3.8) is 0 Å². The van der Waals surface area contributed by atoms with E-state index in [1.807, 2.05) is 0 Å². The molecule has 1 amide bonds. The van der Waals surface area contributed by atoms with E-state index in [9.17, 15) is 22.2 Å². The zero-order valence-electron chi connectivity index (χ0n) is 17.9. The largest absolute Gasteiger partial charge is 0.440 e. The van der Waals surface area contributed by atoms with Crippen molar-refractivity contribution in [2.24, 2.45) is 5.16 Å². The summed E-state index contributed by atoms with van der Waals surface area (Å²) in [6.45, 7) is 1.56. The van der Waals surface area contributed by atoms with Gasteiger partial charge in [-0.2, -0.15) is 13.2 Å². The smallest absolute Gasteiger partial charge is 0.435 e. The minimum Gasteiger partial charge on any atom is -0.440 e. The van der Waals surface area contributed by atoms with E-state index < -0.39 is 34.9 Å². The fraction of sp³-hybridized carbons (Fsp3) is 0.318. The van der Waals surface area contributed by atoms with Crippen molar-refractivity contribution >= 4 is 56.7 Å². The van der Waals surface area contributed by atoms with E-state index >= 15 is 0 Å². The van der Waals surface area contributed by atoms with Gasteiger partial charge in [0.05, 0.1) is 23.7 Å². The number of benzene rings is 2. The van der Waals surface area contributed by atoms with Crippen LogP contribution in [0.25, 0.3) is 11.1 Å². The number of alkyl halides is 3. The van der Waals surface area contributed by atoms with Gasteiger partial charge in [-0.05, 0) is 30.3 Å².